The van der Waals surface area contributed by atoms with Gasteiger partial charge in [-0.1, -0.05) is 62.4 Å². The summed E-state index contributed by atoms with van der Waals surface area (Å²) in [5, 5.41) is 3.34. The predicted octanol–water partition coefficient (Wildman–Crippen LogP) is 5.04. The SMILES string of the molecule is COC(=O)C1=C(C)NC2=C(C(=O)CC(C)(C)C2)C1c1ccccc1OCc1ccccc1. The zero-order chi connectivity index (χ0) is 22.9. The zero-order valence-corrected chi connectivity index (χ0v) is 19.0. The summed E-state index contributed by atoms with van der Waals surface area (Å²) in [6, 6.07) is 17.6. The number of methoxy groups -OCH3 is 1. The van der Waals surface area contributed by atoms with Crippen LogP contribution in [0.15, 0.2) is 77.1 Å². The molecule has 5 heteroatoms. The smallest absolute Gasteiger partial charge is 0.336 e. The van der Waals surface area contributed by atoms with Crippen molar-refractivity contribution in [3.05, 3.63) is 88.3 Å². The van der Waals surface area contributed by atoms with Crippen LogP contribution in [0.5, 0.6) is 5.75 Å². The first-order chi connectivity index (χ1) is 15.3. The molecule has 32 heavy (non-hydrogen) atoms. The molecule has 166 valence electrons. The minimum atomic E-state index is -0.533. The highest BCUT2D eigenvalue weighted by atomic mass is 16.5. The molecule has 2 aliphatic rings. The molecule has 0 radical (unpaired) electrons. The zero-order valence-electron chi connectivity index (χ0n) is 19.0. The maximum absolute atomic E-state index is 13.4. The second-order valence-electron chi connectivity index (χ2n) is 9.23. The number of dihydropyridines is 1. The van der Waals surface area contributed by atoms with E-state index in [1.54, 1.807) is 0 Å². The summed E-state index contributed by atoms with van der Waals surface area (Å²) in [6.45, 7) is 6.45. The van der Waals surface area contributed by atoms with Crippen LogP contribution in [0.2, 0.25) is 0 Å². The van der Waals surface area contributed by atoms with Crippen LogP contribution in [0.25, 0.3) is 0 Å². The topological polar surface area (TPSA) is 64.6 Å². The van der Waals surface area contributed by atoms with Gasteiger partial charge in [0.15, 0.2) is 5.78 Å². The van der Waals surface area contributed by atoms with Crippen molar-refractivity contribution in [3.8, 4) is 5.75 Å². The molecule has 0 saturated carbocycles. The van der Waals surface area contributed by atoms with E-state index in [1.807, 2.05) is 61.5 Å². The first-order valence-corrected chi connectivity index (χ1v) is 10.9. The number of carbonyl (C=O) groups is 2. The molecule has 4 rings (SSSR count). The molecule has 0 saturated heterocycles. The molecule has 1 unspecified atom stereocenters. The van der Waals surface area contributed by atoms with E-state index in [0.717, 1.165) is 23.2 Å². The Bertz CT molecular complexity index is 1110. The molecule has 0 fully saturated rings. The van der Waals surface area contributed by atoms with E-state index in [0.29, 0.717) is 35.6 Å². The summed E-state index contributed by atoms with van der Waals surface area (Å²) in [5.74, 6) is -0.265. The molecule has 1 aliphatic carbocycles. The number of ether oxygens (including phenoxy) is 2. The molecule has 1 aliphatic heterocycles. The number of ketones is 1. The van der Waals surface area contributed by atoms with E-state index in [1.165, 1.54) is 7.11 Å². The molecular weight excluding hydrogens is 402 g/mol. The van der Waals surface area contributed by atoms with Gasteiger partial charge in [-0.15, -0.1) is 0 Å². The van der Waals surface area contributed by atoms with Crippen LogP contribution in [-0.2, 0) is 20.9 Å². The van der Waals surface area contributed by atoms with Crippen LogP contribution in [0, 0.1) is 5.41 Å². The maximum Gasteiger partial charge on any atom is 0.336 e. The van der Waals surface area contributed by atoms with Crippen molar-refractivity contribution in [2.75, 3.05) is 7.11 Å². The number of benzene rings is 2. The van der Waals surface area contributed by atoms with Gasteiger partial charge < -0.3 is 14.8 Å². The Morgan fingerprint density at radius 2 is 1.75 bits per heavy atom. The van der Waals surface area contributed by atoms with Crippen LogP contribution in [0.1, 0.15) is 50.7 Å². The van der Waals surface area contributed by atoms with Crippen molar-refractivity contribution in [2.45, 2.75) is 46.1 Å². The average molecular weight is 432 g/mol. The highest BCUT2D eigenvalue weighted by Crippen LogP contribution is 2.48. The predicted molar refractivity (Wildman–Crippen MR) is 123 cm³/mol. The fourth-order valence-corrected chi connectivity index (χ4v) is 4.71. The number of rotatable bonds is 5. The number of hydrogen-bond acceptors (Lipinski definition) is 5. The third kappa shape index (κ3) is 4.20. The first-order valence-electron chi connectivity index (χ1n) is 10.9. The minimum Gasteiger partial charge on any atom is -0.489 e. The quantitative estimate of drug-likeness (QED) is 0.672. The number of para-hydroxylation sites is 1. The summed E-state index contributed by atoms with van der Waals surface area (Å²) >= 11 is 0. The lowest BCUT2D eigenvalue weighted by molar-refractivity contribution is -0.136. The van der Waals surface area contributed by atoms with Crippen molar-refractivity contribution in [3.63, 3.8) is 0 Å². The molecule has 0 amide bonds. The Hall–Kier alpha value is -3.34. The Labute approximate surface area is 189 Å². The molecule has 1 N–H and O–H groups in total. The van der Waals surface area contributed by atoms with E-state index < -0.39 is 11.9 Å². The first kappa shape index (κ1) is 21.9. The lowest BCUT2D eigenvalue weighted by Gasteiger charge is -2.39. The van der Waals surface area contributed by atoms with Gasteiger partial charge in [0, 0.05) is 29.0 Å². The average Bonchev–Trinajstić information content (AvgIpc) is 2.76. The number of carbonyl (C=O) groups excluding carboxylic acids is 2. The molecule has 2 aromatic rings. The van der Waals surface area contributed by atoms with Gasteiger partial charge in [-0.25, -0.2) is 4.79 Å². The molecule has 2 aromatic carbocycles. The molecule has 0 aromatic heterocycles. The summed E-state index contributed by atoms with van der Waals surface area (Å²) in [4.78, 5) is 26.2. The standard InChI is InChI=1S/C27H29NO4/c1-17-23(26(30)31-4)24(25-20(28-17)14-27(2,3)15-21(25)29)19-12-8-9-13-22(19)32-16-18-10-6-5-7-11-18/h5-13,24,28H,14-16H2,1-4H3. The van der Waals surface area contributed by atoms with Crippen LogP contribution in [0.4, 0.5) is 0 Å². The van der Waals surface area contributed by atoms with E-state index in [4.69, 9.17) is 9.47 Å². The minimum absolute atomic E-state index is 0.0560. The number of esters is 1. The van der Waals surface area contributed by atoms with Gasteiger partial charge in [-0.2, -0.15) is 0 Å². The van der Waals surface area contributed by atoms with E-state index in [-0.39, 0.29) is 11.2 Å². The van der Waals surface area contributed by atoms with Crippen molar-refractivity contribution in [2.24, 2.45) is 5.41 Å². The lowest BCUT2D eigenvalue weighted by atomic mass is 9.68. The van der Waals surface area contributed by atoms with E-state index in [2.05, 4.69) is 19.2 Å². The molecule has 0 spiro atoms. The largest absolute Gasteiger partial charge is 0.489 e. The van der Waals surface area contributed by atoms with Crippen LogP contribution in [0.3, 0.4) is 0 Å². The molecule has 0 bridgehead atoms. The fraction of sp³-hybridized carbons (Fsp3) is 0.333. The van der Waals surface area contributed by atoms with Crippen LogP contribution < -0.4 is 10.1 Å². The number of hydrogen-bond donors (Lipinski definition) is 1. The summed E-state index contributed by atoms with van der Waals surface area (Å²) in [7, 11) is 1.37. The van der Waals surface area contributed by atoms with Crippen molar-refractivity contribution < 1.29 is 19.1 Å². The summed E-state index contributed by atoms with van der Waals surface area (Å²) in [6.07, 6.45) is 1.17. The highest BCUT2D eigenvalue weighted by molar-refractivity contribution is 6.04. The monoisotopic (exact) mass is 431 g/mol. The number of Topliss-reactive ketones (excluding diaryl/α,β-unsaturated/α-hetero) is 1. The molecule has 5 nitrogen and oxygen atoms in total. The van der Waals surface area contributed by atoms with Gasteiger partial charge in [0.05, 0.1) is 18.6 Å². The van der Waals surface area contributed by atoms with E-state index in [9.17, 15) is 9.59 Å². The third-order valence-electron chi connectivity index (χ3n) is 6.11. The van der Waals surface area contributed by atoms with Gasteiger partial charge >= 0.3 is 5.97 Å². The van der Waals surface area contributed by atoms with Gasteiger partial charge in [-0.3, -0.25) is 4.79 Å². The fourth-order valence-electron chi connectivity index (χ4n) is 4.71. The number of nitrogens with one attached hydrogen (secondary N) is 1. The van der Waals surface area contributed by atoms with Crippen LogP contribution >= 0.6 is 0 Å². The van der Waals surface area contributed by atoms with Gasteiger partial charge in [0.25, 0.3) is 0 Å². The third-order valence-corrected chi connectivity index (χ3v) is 6.11. The second kappa shape index (κ2) is 8.65. The molecular formula is C27H29NO4. The molecule has 1 heterocycles. The Morgan fingerprint density at radius 3 is 2.47 bits per heavy atom. The van der Waals surface area contributed by atoms with Gasteiger partial charge in [-0.05, 0) is 30.4 Å². The van der Waals surface area contributed by atoms with Crippen molar-refractivity contribution in [1.29, 1.82) is 0 Å². The normalized spacial score (nSPS) is 19.9. The highest BCUT2D eigenvalue weighted by Gasteiger charge is 2.43. The second-order valence-corrected chi connectivity index (χ2v) is 9.23. The van der Waals surface area contributed by atoms with Crippen molar-refractivity contribution in [1.82, 2.24) is 5.32 Å². The van der Waals surface area contributed by atoms with Gasteiger partial charge in [0.2, 0.25) is 0 Å². The maximum atomic E-state index is 13.4. The number of allylic oxidation sites excluding steroid dienone is 3. The Kier molecular flexibility index (Phi) is 5.92. The Morgan fingerprint density at radius 1 is 1.06 bits per heavy atom. The molecule has 1 atom stereocenters. The summed E-state index contributed by atoms with van der Waals surface area (Å²) < 4.78 is 11.3. The lowest BCUT2D eigenvalue weighted by Crippen LogP contribution is -2.38. The Balaban J connectivity index is 1.81. The van der Waals surface area contributed by atoms with E-state index >= 15 is 0 Å². The summed E-state index contributed by atoms with van der Waals surface area (Å²) in [5.41, 5.74) is 4.40. The van der Waals surface area contributed by atoms with Gasteiger partial charge in [0.1, 0.15) is 12.4 Å². The van der Waals surface area contributed by atoms with Crippen LogP contribution in [-0.4, -0.2) is 18.9 Å². The van der Waals surface area contributed by atoms with Crippen molar-refractivity contribution >= 4 is 11.8 Å².